The second-order valence-electron chi connectivity index (χ2n) is 6.63. The van der Waals surface area contributed by atoms with Crippen LogP contribution in [0.3, 0.4) is 0 Å². The van der Waals surface area contributed by atoms with Crippen molar-refractivity contribution < 1.29 is 4.92 Å². The number of non-ortho nitro benzene ring substituents is 1. The van der Waals surface area contributed by atoms with E-state index in [-0.39, 0.29) is 16.1 Å². The lowest BCUT2D eigenvalue weighted by Gasteiger charge is -2.37. The molecule has 1 aliphatic heterocycles. The van der Waals surface area contributed by atoms with Gasteiger partial charge in [0, 0.05) is 12.1 Å². The van der Waals surface area contributed by atoms with Gasteiger partial charge in [0.2, 0.25) is 0 Å². The lowest BCUT2D eigenvalue weighted by Crippen LogP contribution is -2.48. The van der Waals surface area contributed by atoms with Crippen molar-refractivity contribution in [1.82, 2.24) is 0 Å². The molecule has 2 N–H and O–H groups in total. The summed E-state index contributed by atoms with van der Waals surface area (Å²) < 4.78 is 0. The monoisotopic (exact) mass is 302 g/mol. The molecule has 0 radical (unpaired) electrons. The molecule has 2 aliphatic rings. The van der Waals surface area contributed by atoms with Gasteiger partial charge in [0.15, 0.2) is 0 Å². The Balaban J connectivity index is 1.89. The SMILES string of the molecule is CC1(C)Nc2cc([N+](=O)[O-])ccc2NC1=NC1CCCCC1. The highest BCUT2D eigenvalue weighted by molar-refractivity contribution is 6.09. The number of fused-ring (bicyclic) bond motifs is 1. The van der Waals surface area contributed by atoms with Crippen LogP contribution in [0.1, 0.15) is 46.0 Å². The van der Waals surface area contributed by atoms with Gasteiger partial charge >= 0.3 is 0 Å². The maximum absolute atomic E-state index is 10.9. The topological polar surface area (TPSA) is 79.6 Å². The number of anilines is 2. The van der Waals surface area contributed by atoms with E-state index in [9.17, 15) is 10.1 Å². The minimum Gasteiger partial charge on any atom is -0.371 e. The number of hydrogen-bond donors (Lipinski definition) is 2. The van der Waals surface area contributed by atoms with Crippen LogP contribution in [-0.2, 0) is 0 Å². The van der Waals surface area contributed by atoms with Gasteiger partial charge in [-0.05, 0) is 32.8 Å². The van der Waals surface area contributed by atoms with E-state index in [1.165, 1.54) is 25.3 Å². The Kier molecular flexibility index (Phi) is 3.76. The first kappa shape index (κ1) is 14.8. The molecule has 0 saturated heterocycles. The summed E-state index contributed by atoms with van der Waals surface area (Å²) in [6.45, 7) is 4.09. The summed E-state index contributed by atoms with van der Waals surface area (Å²) in [7, 11) is 0. The molecule has 1 saturated carbocycles. The van der Waals surface area contributed by atoms with Crippen molar-refractivity contribution in [3.05, 3.63) is 28.3 Å². The van der Waals surface area contributed by atoms with Crippen molar-refractivity contribution in [1.29, 1.82) is 0 Å². The van der Waals surface area contributed by atoms with Crippen LogP contribution in [-0.4, -0.2) is 22.3 Å². The first-order valence-corrected chi connectivity index (χ1v) is 7.88. The minimum absolute atomic E-state index is 0.0940. The molecule has 118 valence electrons. The number of rotatable bonds is 2. The summed E-state index contributed by atoms with van der Waals surface area (Å²) in [4.78, 5) is 15.4. The van der Waals surface area contributed by atoms with Gasteiger partial charge in [0.25, 0.3) is 5.69 Å². The molecule has 0 unspecified atom stereocenters. The summed E-state index contributed by atoms with van der Waals surface area (Å²) in [5, 5.41) is 17.6. The summed E-state index contributed by atoms with van der Waals surface area (Å²) in [5.41, 5.74) is 1.33. The van der Waals surface area contributed by atoms with E-state index < -0.39 is 0 Å². The molecule has 0 bridgehead atoms. The van der Waals surface area contributed by atoms with Crippen LogP contribution in [0, 0.1) is 10.1 Å². The molecule has 0 amide bonds. The third-order valence-corrected chi connectivity index (χ3v) is 4.39. The van der Waals surface area contributed by atoms with Crippen molar-refractivity contribution >= 4 is 22.9 Å². The molecule has 0 atom stereocenters. The maximum Gasteiger partial charge on any atom is 0.271 e. The standard InChI is InChI=1S/C16H22N4O2/c1-16(2)15(17-11-6-4-3-5-7-11)18-13-9-8-12(20(21)22)10-14(13)19-16/h8-11,19H,3-7H2,1-2H3,(H,17,18). The van der Waals surface area contributed by atoms with Gasteiger partial charge in [-0.15, -0.1) is 0 Å². The van der Waals surface area contributed by atoms with Crippen LogP contribution in [0.2, 0.25) is 0 Å². The molecule has 0 spiro atoms. The minimum atomic E-state index is -0.374. The molecule has 6 nitrogen and oxygen atoms in total. The van der Waals surface area contributed by atoms with Gasteiger partial charge in [-0.25, -0.2) is 0 Å². The number of amidine groups is 1. The smallest absolute Gasteiger partial charge is 0.271 e. The van der Waals surface area contributed by atoms with E-state index in [0.29, 0.717) is 6.04 Å². The van der Waals surface area contributed by atoms with Gasteiger partial charge in [0.05, 0.1) is 27.9 Å². The van der Waals surface area contributed by atoms with Crippen molar-refractivity contribution in [3.8, 4) is 0 Å². The molecular formula is C16H22N4O2. The second-order valence-corrected chi connectivity index (χ2v) is 6.63. The van der Waals surface area contributed by atoms with Crippen LogP contribution in [0.25, 0.3) is 0 Å². The van der Waals surface area contributed by atoms with Crippen LogP contribution >= 0.6 is 0 Å². The number of hydrogen-bond acceptors (Lipinski definition) is 4. The molecule has 1 fully saturated rings. The Morgan fingerprint density at radius 3 is 2.64 bits per heavy atom. The first-order valence-electron chi connectivity index (χ1n) is 7.88. The predicted octanol–water partition coefficient (Wildman–Crippen LogP) is 3.94. The molecular weight excluding hydrogens is 280 g/mol. The molecule has 1 aliphatic carbocycles. The second kappa shape index (κ2) is 5.59. The van der Waals surface area contributed by atoms with Crippen molar-refractivity contribution in [2.45, 2.75) is 57.5 Å². The highest BCUT2D eigenvalue weighted by Crippen LogP contribution is 2.34. The van der Waals surface area contributed by atoms with Crippen molar-refractivity contribution in [2.75, 3.05) is 10.6 Å². The fourth-order valence-electron chi connectivity index (χ4n) is 3.12. The predicted molar refractivity (Wildman–Crippen MR) is 88.7 cm³/mol. The van der Waals surface area contributed by atoms with Crippen molar-refractivity contribution in [2.24, 2.45) is 4.99 Å². The number of benzene rings is 1. The van der Waals surface area contributed by atoms with E-state index in [0.717, 1.165) is 30.1 Å². The van der Waals surface area contributed by atoms with Crippen LogP contribution in [0.15, 0.2) is 23.2 Å². The molecule has 1 aromatic carbocycles. The number of nitro groups is 1. The summed E-state index contributed by atoms with van der Waals surface area (Å²) in [6, 6.07) is 5.22. The lowest BCUT2D eigenvalue weighted by atomic mass is 9.94. The van der Waals surface area contributed by atoms with E-state index in [4.69, 9.17) is 4.99 Å². The van der Waals surface area contributed by atoms with E-state index in [1.54, 1.807) is 12.1 Å². The molecule has 3 rings (SSSR count). The van der Waals surface area contributed by atoms with Gasteiger partial charge in [-0.1, -0.05) is 19.3 Å². The first-order chi connectivity index (χ1) is 10.5. The zero-order valence-corrected chi connectivity index (χ0v) is 13.1. The zero-order chi connectivity index (χ0) is 15.7. The van der Waals surface area contributed by atoms with E-state index in [1.807, 2.05) is 13.8 Å². The normalized spacial score (nSPS) is 22.5. The number of aliphatic imine (C=N–C) groups is 1. The van der Waals surface area contributed by atoms with Crippen LogP contribution in [0.5, 0.6) is 0 Å². The van der Waals surface area contributed by atoms with Gasteiger partial charge in [-0.2, -0.15) is 0 Å². The lowest BCUT2D eigenvalue weighted by molar-refractivity contribution is -0.384. The molecule has 1 aromatic rings. The molecule has 22 heavy (non-hydrogen) atoms. The largest absolute Gasteiger partial charge is 0.371 e. The Hall–Kier alpha value is -2.11. The average Bonchev–Trinajstić information content (AvgIpc) is 2.48. The Morgan fingerprint density at radius 2 is 1.95 bits per heavy atom. The summed E-state index contributed by atoms with van der Waals surface area (Å²) >= 11 is 0. The van der Waals surface area contributed by atoms with Gasteiger partial charge < -0.3 is 10.6 Å². The molecule has 1 heterocycles. The number of nitrogens with one attached hydrogen (secondary N) is 2. The van der Waals surface area contributed by atoms with E-state index >= 15 is 0 Å². The van der Waals surface area contributed by atoms with Gasteiger partial charge in [-0.3, -0.25) is 15.1 Å². The van der Waals surface area contributed by atoms with E-state index in [2.05, 4.69) is 10.6 Å². The third kappa shape index (κ3) is 2.91. The molecule has 6 heteroatoms. The molecule has 0 aromatic heterocycles. The third-order valence-electron chi connectivity index (χ3n) is 4.39. The highest BCUT2D eigenvalue weighted by Gasteiger charge is 2.32. The van der Waals surface area contributed by atoms with Crippen molar-refractivity contribution in [3.63, 3.8) is 0 Å². The fourth-order valence-corrected chi connectivity index (χ4v) is 3.12. The Labute approximate surface area is 130 Å². The Bertz CT molecular complexity index is 619. The zero-order valence-electron chi connectivity index (χ0n) is 13.1. The maximum atomic E-state index is 10.9. The Morgan fingerprint density at radius 1 is 1.23 bits per heavy atom. The number of nitrogens with zero attached hydrogens (tertiary/aromatic N) is 2. The fraction of sp³-hybridized carbons (Fsp3) is 0.562. The quantitative estimate of drug-likeness (QED) is 0.640. The average molecular weight is 302 g/mol. The van der Waals surface area contributed by atoms with Crippen LogP contribution < -0.4 is 10.6 Å². The summed E-state index contributed by atoms with van der Waals surface area (Å²) in [6.07, 6.45) is 6.10. The number of nitro benzene ring substituents is 1. The summed E-state index contributed by atoms with van der Waals surface area (Å²) in [5.74, 6) is 0.917. The van der Waals surface area contributed by atoms with Gasteiger partial charge in [0.1, 0.15) is 5.84 Å². The highest BCUT2D eigenvalue weighted by atomic mass is 16.6. The van der Waals surface area contributed by atoms with Crippen LogP contribution in [0.4, 0.5) is 17.1 Å².